The van der Waals surface area contributed by atoms with Crippen LogP contribution in [0.25, 0.3) is 0 Å². The first-order chi connectivity index (χ1) is 6.23. The van der Waals surface area contributed by atoms with Crippen LogP contribution in [0.2, 0.25) is 0 Å². The topological polar surface area (TPSA) is 29.1 Å². The molecule has 0 aromatic heterocycles. The summed E-state index contributed by atoms with van der Waals surface area (Å²) in [5.74, 6) is 0.0466. The van der Waals surface area contributed by atoms with E-state index in [0.29, 0.717) is 0 Å². The third kappa shape index (κ3) is 1.57. The van der Waals surface area contributed by atoms with Crippen LogP contribution < -0.4 is 5.32 Å². The van der Waals surface area contributed by atoms with Crippen molar-refractivity contribution in [2.45, 2.75) is 25.3 Å². The summed E-state index contributed by atoms with van der Waals surface area (Å²) < 4.78 is 0. The molecule has 1 aliphatic rings. The van der Waals surface area contributed by atoms with Gasteiger partial charge in [-0.3, -0.25) is 4.79 Å². The van der Waals surface area contributed by atoms with Crippen LogP contribution in [0.15, 0.2) is 24.3 Å². The molecule has 1 N–H and O–H groups in total. The van der Waals surface area contributed by atoms with Gasteiger partial charge in [-0.25, -0.2) is 0 Å². The monoisotopic (exact) mass is 174 g/mol. The summed E-state index contributed by atoms with van der Waals surface area (Å²) in [5, 5.41) is 2.99. The Morgan fingerprint density at radius 1 is 1.46 bits per heavy atom. The summed E-state index contributed by atoms with van der Waals surface area (Å²) in [6.07, 6.45) is 2.10. The van der Waals surface area contributed by atoms with Crippen molar-refractivity contribution in [2.75, 3.05) is 0 Å². The van der Waals surface area contributed by atoms with Crippen molar-refractivity contribution in [2.24, 2.45) is 0 Å². The van der Waals surface area contributed by atoms with Gasteiger partial charge in [0.1, 0.15) is 0 Å². The standard InChI is InChI=1S/C11H12NO/c1-9(13)12-11(7-8-11)10-5-3-2-4-6-10/h3-6H,7-8H2,1H3,(H,12,13). The fourth-order valence-corrected chi connectivity index (χ4v) is 1.65. The first-order valence-electron chi connectivity index (χ1n) is 4.48. The fraction of sp³-hybridized carbons (Fsp3) is 0.364. The van der Waals surface area contributed by atoms with Crippen molar-refractivity contribution in [1.29, 1.82) is 0 Å². The second-order valence-electron chi connectivity index (χ2n) is 3.55. The van der Waals surface area contributed by atoms with Gasteiger partial charge in [-0.1, -0.05) is 24.3 Å². The lowest BCUT2D eigenvalue weighted by Gasteiger charge is -2.16. The first-order valence-corrected chi connectivity index (χ1v) is 4.48. The predicted octanol–water partition coefficient (Wildman–Crippen LogP) is 1.61. The molecule has 0 unspecified atom stereocenters. The number of benzene rings is 1. The van der Waals surface area contributed by atoms with Crippen LogP contribution in [-0.4, -0.2) is 5.91 Å². The Labute approximate surface area is 78.0 Å². The average molecular weight is 174 g/mol. The van der Waals surface area contributed by atoms with Crippen LogP contribution in [0.3, 0.4) is 0 Å². The minimum atomic E-state index is -0.0546. The molecule has 1 amide bonds. The molecule has 1 aromatic carbocycles. The van der Waals surface area contributed by atoms with Crippen LogP contribution in [0, 0.1) is 6.07 Å². The summed E-state index contributed by atoms with van der Waals surface area (Å²) in [7, 11) is 0. The first kappa shape index (κ1) is 8.30. The number of carbonyl (C=O) groups excluding carboxylic acids is 1. The smallest absolute Gasteiger partial charge is 0.217 e. The van der Waals surface area contributed by atoms with E-state index in [1.165, 1.54) is 5.56 Å². The fourth-order valence-electron chi connectivity index (χ4n) is 1.65. The zero-order valence-corrected chi connectivity index (χ0v) is 7.63. The van der Waals surface area contributed by atoms with Crippen LogP contribution in [0.1, 0.15) is 25.3 Å². The lowest BCUT2D eigenvalue weighted by Crippen LogP contribution is -2.32. The molecule has 1 aromatic rings. The van der Waals surface area contributed by atoms with E-state index >= 15 is 0 Å². The molecule has 1 fully saturated rings. The minimum Gasteiger partial charge on any atom is -0.347 e. The van der Waals surface area contributed by atoms with E-state index in [2.05, 4.69) is 11.4 Å². The van der Waals surface area contributed by atoms with E-state index < -0.39 is 0 Å². The lowest BCUT2D eigenvalue weighted by atomic mass is 10.1. The maximum atomic E-state index is 11.0. The molecule has 1 saturated carbocycles. The molecule has 67 valence electrons. The molecule has 2 rings (SSSR count). The number of rotatable bonds is 2. The van der Waals surface area contributed by atoms with Gasteiger partial charge in [-0.05, 0) is 24.5 Å². The van der Waals surface area contributed by atoms with Gasteiger partial charge in [-0.2, -0.15) is 0 Å². The Balaban J connectivity index is 2.21. The molecule has 0 spiro atoms. The predicted molar refractivity (Wildman–Crippen MR) is 50.0 cm³/mol. The number of hydrogen-bond acceptors (Lipinski definition) is 1. The third-order valence-electron chi connectivity index (χ3n) is 2.44. The van der Waals surface area contributed by atoms with E-state index in [0.717, 1.165) is 12.8 Å². The highest BCUT2D eigenvalue weighted by molar-refractivity contribution is 5.74. The van der Waals surface area contributed by atoms with Gasteiger partial charge in [0.25, 0.3) is 0 Å². The second-order valence-corrected chi connectivity index (χ2v) is 3.55. The summed E-state index contributed by atoms with van der Waals surface area (Å²) in [4.78, 5) is 11.0. The van der Waals surface area contributed by atoms with Gasteiger partial charge >= 0.3 is 0 Å². The van der Waals surface area contributed by atoms with Crippen molar-refractivity contribution in [3.05, 3.63) is 35.9 Å². The highest BCUT2D eigenvalue weighted by Gasteiger charge is 2.44. The molecule has 0 bridgehead atoms. The molecule has 2 heteroatoms. The highest BCUT2D eigenvalue weighted by Crippen LogP contribution is 2.45. The number of hydrogen-bond donors (Lipinski definition) is 1. The molecule has 1 radical (unpaired) electrons. The molecule has 0 atom stereocenters. The summed E-state index contributed by atoms with van der Waals surface area (Å²) in [6, 6.07) is 10.8. The SMILES string of the molecule is CC(=O)NC1(c2cc[c]cc2)CC1. The molecule has 0 aliphatic heterocycles. The van der Waals surface area contributed by atoms with Crippen molar-refractivity contribution < 1.29 is 4.79 Å². The second kappa shape index (κ2) is 2.87. The van der Waals surface area contributed by atoms with Gasteiger partial charge in [0.2, 0.25) is 5.91 Å². The minimum absolute atomic E-state index is 0.0466. The molecule has 0 saturated heterocycles. The lowest BCUT2D eigenvalue weighted by molar-refractivity contribution is -0.120. The van der Waals surface area contributed by atoms with Gasteiger partial charge in [0, 0.05) is 6.92 Å². The zero-order valence-electron chi connectivity index (χ0n) is 7.63. The largest absolute Gasteiger partial charge is 0.347 e. The maximum absolute atomic E-state index is 11.0. The van der Waals surface area contributed by atoms with Gasteiger partial charge < -0.3 is 5.32 Å². The Morgan fingerprint density at radius 2 is 2.08 bits per heavy atom. The number of nitrogens with one attached hydrogen (secondary N) is 1. The van der Waals surface area contributed by atoms with Crippen molar-refractivity contribution in [3.63, 3.8) is 0 Å². The molecule has 0 heterocycles. The summed E-state index contributed by atoms with van der Waals surface area (Å²) >= 11 is 0. The van der Waals surface area contributed by atoms with Crippen LogP contribution in [-0.2, 0) is 10.3 Å². The van der Waals surface area contributed by atoms with Gasteiger partial charge in [0.05, 0.1) is 5.54 Å². The quantitative estimate of drug-likeness (QED) is 0.725. The van der Waals surface area contributed by atoms with Crippen molar-refractivity contribution in [1.82, 2.24) is 5.32 Å². The summed E-state index contributed by atoms with van der Waals surface area (Å²) in [6.45, 7) is 1.56. The van der Waals surface area contributed by atoms with Crippen molar-refractivity contribution >= 4 is 5.91 Å². The normalized spacial score (nSPS) is 17.9. The van der Waals surface area contributed by atoms with E-state index in [1.807, 2.05) is 24.3 Å². The third-order valence-corrected chi connectivity index (χ3v) is 2.44. The van der Waals surface area contributed by atoms with E-state index in [4.69, 9.17) is 0 Å². The molecular weight excluding hydrogens is 162 g/mol. The maximum Gasteiger partial charge on any atom is 0.217 e. The average Bonchev–Trinajstić information content (AvgIpc) is 2.86. The van der Waals surface area contributed by atoms with Crippen LogP contribution in [0.4, 0.5) is 0 Å². The van der Waals surface area contributed by atoms with Gasteiger partial charge in [0.15, 0.2) is 0 Å². The highest BCUT2D eigenvalue weighted by atomic mass is 16.1. The van der Waals surface area contributed by atoms with E-state index in [-0.39, 0.29) is 11.4 Å². The molecule has 13 heavy (non-hydrogen) atoms. The Kier molecular flexibility index (Phi) is 1.83. The molecule has 2 nitrogen and oxygen atoms in total. The molecule has 1 aliphatic carbocycles. The van der Waals surface area contributed by atoms with E-state index in [1.54, 1.807) is 6.92 Å². The number of amides is 1. The van der Waals surface area contributed by atoms with E-state index in [9.17, 15) is 4.79 Å². The Bertz CT molecular complexity index is 314. The molecular formula is C11H12NO. The van der Waals surface area contributed by atoms with Gasteiger partial charge in [-0.15, -0.1) is 0 Å². The zero-order chi connectivity index (χ0) is 9.31. The van der Waals surface area contributed by atoms with Crippen LogP contribution >= 0.6 is 0 Å². The van der Waals surface area contributed by atoms with Crippen LogP contribution in [0.5, 0.6) is 0 Å². The Hall–Kier alpha value is -1.31. The van der Waals surface area contributed by atoms with Crippen molar-refractivity contribution in [3.8, 4) is 0 Å². The Morgan fingerprint density at radius 3 is 2.54 bits per heavy atom. The number of carbonyl (C=O) groups is 1. The summed E-state index contributed by atoms with van der Waals surface area (Å²) in [5.41, 5.74) is 1.14.